The Morgan fingerprint density at radius 3 is 2.55 bits per heavy atom. The third-order valence-electron chi connectivity index (χ3n) is 5.75. The van der Waals surface area contributed by atoms with Crippen LogP contribution in [0, 0.1) is 0 Å². The fourth-order valence-corrected chi connectivity index (χ4v) is 4.80. The first-order valence-corrected chi connectivity index (χ1v) is 11.7. The molecular formula is C20H32N6O4S. The van der Waals surface area contributed by atoms with Gasteiger partial charge in [0, 0.05) is 32.2 Å². The number of carbonyl (C=O) groups is 3. The van der Waals surface area contributed by atoms with Crippen LogP contribution in [0.25, 0.3) is 0 Å². The molecule has 0 aromatic carbocycles. The number of morpholine rings is 1. The van der Waals surface area contributed by atoms with Gasteiger partial charge < -0.3 is 26.4 Å². The van der Waals surface area contributed by atoms with Crippen LogP contribution in [0.5, 0.6) is 0 Å². The lowest BCUT2D eigenvalue weighted by atomic mass is 9.95. The molecule has 0 unspecified atom stereocenters. The second-order valence-corrected chi connectivity index (χ2v) is 8.85. The molecule has 2 fully saturated rings. The number of amides is 3. The van der Waals surface area contributed by atoms with Gasteiger partial charge in [0.2, 0.25) is 5.91 Å². The largest absolute Gasteiger partial charge is 0.395 e. The summed E-state index contributed by atoms with van der Waals surface area (Å²) in [6, 6.07) is 0.168. The second-order valence-electron chi connectivity index (χ2n) is 8.07. The molecule has 0 bridgehead atoms. The molecule has 172 valence electrons. The van der Waals surface area contributed by atoms with Crippen molar-refractivity contribution in [2.45, 2.75) is 44.6 Å². The number of nitrogens with zero attached hydrogens (tertiary/aromatic N) is 3. The Kier molecular flexibility index (Phi) is 8.61. The van der Waals surface area contributed by atoms with Crippen LogP contribution in [0.2, 0.25) is 0 Å². The van der Waals surface area contributed by atoms with Crippen molar-refractivity contribution >= 4 is 34.9 Å². The first kappa shape index (κ1) is 23.4. The normalized spacial score (nSPS) is 17.9. The lowest BCUT2D eigenvalue weighted by molar-refractivity contribution is -0.122. The molecule has 10 nitrogen and oxygen atoms in total. The number of hydrogen-bond acceptors (Lipinski definition) is 8. The first-order chi connectivity index (χ1) is 15.0. The molecule has 1 aromatic heterocycles. The Balaban J connectivity index is 1.64. The van der Waals surface area contributed by atoms with Gasteiger partial charge >= 0.3 is 0 Å². The molecule has 0 atom stereocenters. The molecule has 3 rings (SSSR count). The van der Waals surface area contributed by atoms with Gasteiger partial charge in [-0.3, -0.25) is 19.3 Å². The molecule has 1 saturated carbocycles. The smallest absolute Gasteiger partial charge is 0.270 e. The predicted molar refractivity (Wildman–Crippen MR) is 118 cm³/mol. The van der Waals surface area contributed by atoms with Crippen LogP contribution in [0.4, 0.5) is 5.69 Å². The molecule has 11 heteroatoms. The summed E-state index contributed by atoms with van der Waals surface area (Å²) >= 11 is 0.840. The van der Waals surface area contributed by atoms with Gasteiger partial charge in [-0.15, -0.1) is 0 Å². The summed E-state index contributed by atoms with van der Waals surface area (Å²) in [6.45, 7) is 4.29. The minimum Gasteiger partial charge on any atom is -0.395 e. The van der Waals surface area contributed by atoms with Crippen molar-refractivity contribution in [1.29, 1.82) is 0 Å². The van der Waals surface area contributed by atoms with E-state index in [0.29, 0.717) is 26.2 Å². The van der Waals surface area contributed by atoms with Crippen LogP contribution >= 0.6 is 11.5 Å². The summed E-state index contributed by atoms with van der Waals surface area (Å²) in [6.07, 6.45) is 6.08. The zero-order valence-electron chi connectivity index (χ0n) is 17.8. The molecule has 1 aromatic rings. The lowest BCUT2D eigenvalue weighted by Gasteiger charge is -2.29. The molecule has 1 saturated heterocycles. The summed E-state index contributed by atoms with van der Waals surface area (Å²) < 4.78 is 9.28. The van der Waals surface area contributed by atoms with Crippen LogP contribution in [0.3, 0.4) is 0 Å². The van der Waals surface area contributed by atoms with Crippen molar-refractivity contribution in [2.75, 3.05) is 51.7 Å². The van der Waals surface area contributed by atoms with E-state index in [1.165, 1.54) is 11.3 Å². The quantitative estimate of drug-likeness (QED) is 0.493. The van der Waals surface area contributed by atoms with E-state index in [9.17, 15) is 14.4 Å². The van der Waals surface area contributed by atoms with Gasteiger partial charge in [-0.25, -0.2) is 0 Å². The minimum absolute atomic E-state index is 0.0200. The van der Waals surface area contributed by atoms with E-state index in [1.54, 1.807) is 0 Å². The minimum atomic E-state index is -0.776. The maximum atomic E-state index is 13.2. The fourth-order valence-electron chi connectivity index (χ4n) is 4.03. The van der Waals surface area contributed by atoms with E-state index >= 15 is 0 Å². The van der Waals surface area contributed by atoms with Crippen molar-refractivity contribution in [3.8, 4) is 0 Å². The topological polar surface area (TPSA) is 144 Å². The molecule has 2 heterocycles. The van der Waals surface area contributed by atoms with Crippen LogP contribution in [0.1, 0.15) is 58.7 Å². The number of aromatic nitrogens is 1. The van der Waals surface area contributed by atoms with Gasteiger partial charge in [-0.2, -0.15) is 4.37 Å². The second kappa shape index (κ2) is 11.4. The van der Waals surface area contributed by atoms with E-state index in [4.69, 9.17) is 16.2 Å². The average molecular weight is 453 g/mol. The van der Waals surface area contributed by atoms with Crippen LogP contribution < -0.4 is 16.8 Å². The number of hydrogen-bond donors (Lipinski definition) is 3. The molecule has 31 heavy (non-hydrogen) atoms. The number of rotatable bonds is 9. The Morgan fingerprint density at radius 2 is 1.90 bits per heavy atom. The molecular weight excluding hydrogens is 420 g/mol. The highest BCUT2D eigenvalue weighted by molar-refractivity contribution is 7.09. The fraction of sp³-hybridized carbons (Fsp3) is 0.700. The predicted octanol–water partition coefficient (Wildman–Crippen LogP) is 0.438. The number of nitrogens with two attached hydrogens (primary N) is 2. The Morgan fingerprint density at radius 1 is 1.19 bits per heavy atom. The summed E-state index contributed by atoms with van der Waals surface area (Å²) in [7, 11) is 0. The van der Waals surface area contributed by atoms with E-state index in [-0.39, 0.29) is 34.8 Å². The van der Waals surface area contributed by atoms with E-state index < -0.39 is 11.8 Å². The summed E-state index contributed by atoms with van der Waals surface area (Å²) in [5.74, 6) is -1.35. The van der Waals surface area contributed by atoms with Gasteiger partial charge in [-0.1, -0.05) is 19.3 Å². The zero-order valence-corrected chi connectivity index (χ0v) is 18.6. The summed E-state index contributed by atoms with van der Waals surface area (Å²) in [5, 5.41) is 3.06. The third-order valence-corrected chi connectivity index (χ3v) is 6.60. The van der Waals surface area contributed by atoms with Gasteiger partial charge in [0.05, 0.1) is 25.4 Å². The maximum absolute atomic E-state index is 13.2. The molecule has 3 amide bonds. The number of primary amides is 1. The third kappa shape index (κ3) is 6.62. The van der Waals surface area contributed by atoms with Gasteiger partial charge in [0.15, 0.2) is 5.69 Å². The van der Waals surface area contributed by atoms with Crippen molar-refractivity contribution in [2.24, 2.45) is 5.73 Å². The number of nitrogen functional groups attached to an aromatic ring is 1. The number of anilines is 1. The van der Waals surface area contributed by atoms with Crippen LogP contribution in [-0.2, 0) is 9.53 Å². The standard InChI is InChI=1S/C20H32N6O4S/c21-16-17(19(22)28)24-31-18(16)20(29)26(8-4-7-25-9-11-30-12-10-25)13-15(27)23-14-5-2-1-3-6-14/h14H,1-13,21H2,(H2,22,28)(H,23,27). The number of ether oxygens (including phenoxy) is 1. The molecule has 5 N–H and O–H groups in total. The van der Waals surface area contributed by atoms with E-state index in [1.807, 2.05) is 0 Å². The number of nitrogens with one attached hydrogen (secondary N) is 1. The van der Waals surface area contributed by atoms with E-state index in [0.717, 1.165) is 56.9 Å². The van der Waals surface area contributed by atoms with E-state index in [2.05, 4.69) is 14.6 Å². The van der Waals surface area contributed by atoms with Gasteiger partial charge in [-0.05, 0) is 30.8 Å². The maximum Gasteiger partial charge on any atom is 0.270 e. The molecule has 1 aliphatic carbocycles. The molecule has 0 radical (unpaired) electrons. The highest BCUT2D eigenvalue weighted by atomic mass is 32.1. The lowest BCUT2D eigenvalue weighted by Crippen LogP contribution is -2.45. The SMILES string of the molecule is NC(=O)c1nsc(C(=O)N(CCCN2CCOCC2)CC(=O)NC2CCCCC2)c1N. The summed E-state index contributed by atoms with van der Waals surface area (Å²) in [4.78, 5) is 41.2. The van der Waals surface area contributed by atoms with Crippen molar-refractivity contribution in [1.82, 2.24) is 19.5 Å². The van der Waals surface area contributed by atoms with Gasteiger partial charge in [0.1, 0.15) is 4.88 Å². The Hall–Kier alpha value is -2.24. The molecule has 0 spiro atoms. The Bertz CT molecular complexity index is 774. The average Bonchev–Trinajstić information content (AvgIpc) is 3.15. The zero-order chi connectivity index (χ0) is 22.2. The van der Waals surface area contributed by atoms with Crippen molar-refractivity contribution < 1.29 is 19.1 Å². The monoisotopic (exact) mass is 452 g/mol. The highest BCUT2D eigenvalue weighted by Crippen LogP contribution is 2.23. The Labute approximate surface area is 186 Å². The highest BCUT2D eigenvalue weighted by Gasteiger charge is 2.27. The molecule has 1 aliphatic heterocycles. The van der Waals surface area contributed by atoms with Gasteiger partial charge in [0.25, 0.3) is 11.8 Å². The van der Waals surface area contributed by atoms with Crippen molar-refractivity contribution in [3.05, 3.63) is 10.6 Å². The summed E-state index contributed by atoms with van der Waals surface area (Å²) in [5.41, 5.74) is 11.1. The van der Waals surface area contributed by atoms with Crippen molar-refractivity contribution in [3.63, 3.8) is 0 Å². The van der Waals surface area contributed by atoms with Crippen LogP contribution in [-0.4, -0.2) is 83.9 Å². The van der Waals surface area contributed by atoms with Crippen LogP contribution in [0.15, 0.2) is 0 Å². The molecule has 2 aliphatic rings. The first-order valence-electron chi connectivity index (χ1n) is 10.9. The number of carbonyl (C=O) groups excluding carboxylic acids is 3.